The van der Waals surface area contributed by atoms with E-state index in [1.165, 1.54) is 12.1 Å². The highest BCUT2D eigenvalue weighted by Gasteiger charge is 2.38. The fraction of sp³-hybridized carbons (Fsp3) is 0.231. The van der Waals surface area contributed by atoms with Crippen LogP contribution in [0.25, 0.3) is 0 Å². The minimum atomic E-state index is -3.84. The first-order valence-corrected chi connectivity index (χ1v) is 9.82. The van der Waals surface area contributed by atoms with Crippen LogP contribution in [0.1, 0.15) is 16.5 Å². The van der Waals surface area contributed by atoms with Crippen LogP contribution in [0.3, 0.4) is 0 Å². The van der Waals surface area contributed by atoms with Gasteiger partial charge in [0, 0.05) is 4.88 Å². The Labute approximate surface area is 153 Å². The van der Waals surface area contributed by atoms with E-state index in [9.17, 15) is 8.42 Å². The van der Waals surface area contributed by atoms with Crippen molar-refractivity contribution < 1.29 is 8.42 Å². The maximum atomic E-state index is 12.5. The number of benzene rings is 1. The van der Waals surface area contributed by atoms with E-state index in [2.05, 4.69) is 4.72 Å². The maximum absolute atomic E-state index is 12.5. The van der Waals surface area contributed by atoms with Crippen molar-refractivity contribution in [1.29, 1.82) is 0 Å². The van der Waals surface area contributed by atoms with E-state index in [0.29, 0.717) is 9.21 Å². The average Bonchev–Trinajstić information content (AvgIpc) is 2.81. The van der Waals surface area contributed by atoms with Crippen LogP contribution < -0.4 is 4.72 Å². The van der Waals surface area contributed by atoms with Crippen LogP contribution in [0, 0.1) is 6.92 Å². The van der Waals surface area contributed by atoms with Gasteiger partial charge in [-0.15, -0.1) is 11.3 Å². The largest absolute Gasteiger partial charge is 0.241 e. The maximum Gasteiger partial charge on any atom is 0.241 e. The second-order valence-electron chi connectivity index (χ2n) is 4.55. The van der Waals surface area contributed by atoms with Gasteiger partial charge in [0.05, 0.1) is 9.23 Å². The highest BCUT2D eigenvalue weighted by Crippen LogP contribution is 2.43. The second kappa shape index (κ2) is 6.85. The molecule has 0 aliphatic carbocycles. The van der Waals surface area contributed by atoms with Crippen LogP contribution in [0.4, 0.5) is 0 Å². The van der Waals surface area contributed by atoms with Gasteiger partial charge in [-0.2, -0.15) is 4.72 Å². The van der Waals surface area contributed by atoms with Crippen molar-refractivity contribution in [2.24, 2.45) is 0 Å². The summed E-state index contributed by atoms with van der Waals surface area (Å²) < 4.78 is 26.0. The SMILES string of the molecule is Cc1ccc(S(=O)(=O)N[C@@H](c2ccc(Cl)s2)C(Cl)(Cl)Cl)cc1. The lowest BCUT2D eigenvalue weighted by Crippen LogP contribution is -2.36. The van der Waals surface area contributed by atoms with E-state index in [1.807, 2.05) is 6.92 Å². The molecular formula is C13H11Cl4NO2S2. The monoisotopic (exact) mass is 417 g/mol. The summed E-state index contributed by atoms with van der Waals surface area (Å²) in [5.41, 5.74) is 0.946. The summed E-state index contributed by atoms with van der Waals surface area (Å²) in [6.45, 7) is 1.86. The number of thiophene rings is 1. The summed E-state index contributed by atoms with van der Waals surface area (Å²) in [5, 5.41) is 0. The van der Waals surface area contributed by atoms with Crippen LogP contribution in [0.5, 0.6) is 0 Å². The zero-order valence-electron chi connectivity index (χ0n) is 11.2. The Morgan fingerprint density at radius 2 is 1.68 bits per heavy atom. The van der Waals surface area contributed by atoms with E-state index in [0.717, 1.165) is 16.9 Å². The van der Waals surface area contributed by atoms with Gasteiger partial charge in [-0.1, -0.05) is 64.1 Å². The van der Waals surface area contributed by atoms with E-state index in [4.69, 9.17) is 46.4 Å². The number of hydrogen-bond donors (Lipinski definition) is 1. The predicted octanol–water partition coefficient (Wildman–Crippen LogP) is 5.10. The predicted molar refractivity (Wildman–Crippen MR) is 93.9 cm³/mol. The van der Waals surface area contributed by atoms with Gasteiger partial charge in [0.1, 0.15) is 6.04 Å². The van der Waals surface area contributed by atoms with E-state index >= 15 is 0 Å². The summed E-state index contributed by atoms with van der Waals surface area (Å²) in [4.78, 5) is 0.612. The van der Waals surface area contributed by atoms with Gasteiger partial charge >= 0.3 is 0 Å². The topological polar surface area (TPSA) is 46.2 Å². The summed E-state index contributed by atoms with van der Waals surface area (Å²) >= 11 is 24.8. The molecule has 0 saturated carbocycles. The molecule has 1 aromatic carbocycles. The average molecular weight is 419 g/mol. The molecule has 1 atom stereocenters. The van der Waals surface area contributed by atoms with Crippen molar-refractivity contribution in [3.8, 4) is 0 Å². The molecular weight excluding hydrogens is 408 g/mol. The zero-order chi connectivity index (χ0) is 16.5. The van der Waals surface area contributed by atoms with Gasteiger partial charge in [-0.25, -0.2) is 8.42 Å². The summed E-state index contributed by atoms with van der Waals surface area (Å²) in [6, 6.07) is 8.58. The number of halogens is 4. The zero-order valence-corrected chi connectivity index (χ0v) is 15.8. The van der Waals surface area contributed by atoms with Gasteiger partial charge in [-0.3, -0.25) is 0 Å². The molecule has 2 rings (SSSR count). The molecule has 0 aliphatic heterocycles. The first-order valence-electron chi connectivity index (χ1n) is 6.00. The van der Waals surface area contributed by atoms with E-state index in [1.54, 1.807) is 24.3 Å². The molecule has 0 unspecified atom stereocenters. The number of hydrogen-bond acceptors (Lipinski definition) is 3. The van der Waals surface area contributed by atoms with Crippen LogP contribution in [0.15, 0.2) is 41.3 Å². The highest BCUT2D eigenvalue weighted by atomic mass is 35.6. The molecule has 9 heteroatoms. The number of sulfonamides is 1. The molecule has 1 N–H and O–H groups in total. The number of rotatable bonds is 4. The lowest BCUT2D eigenvalue weighted by molar-refractivity contribution is 0.560. The van der Waals surface area contributed by atoms with Crippen molar-refractivity contribution in [1.82, 2.24) is 4.72 Å². The van der Waals surface area contributed by atoms with Gasteiger partial charge in [-0.05, 0) is 31.2 Å². The molecule has 0 radical (unpaired) electrons. The molecule has 0 fully saturated rings. The van der Waals surface area contributed by atoms with E-state index in [-0.39, 0.29) is 4.90 Å². The Hall–Kier alpha value is -0.01000. The first kappa shape index (κ1) is 18.3. The van der Waals surface area contributed by atoms with Gasteiger partial charge < -0.3 is 0 Å². The Kier molecular flexibility index (Phi) is 5.71. The summed E-state index contributed by atoms with van der Waals surface area (Å²) in [6.07, 6.45) is 0. The molecule has 3 nitrogen and oxygen atoms in total. The standard InChI is InChI=1S/C13H11Cl4NO2S2/c1-8-2-4-9(5-3-8)22(19,20)18-12(13(15,16)17)10-6-7-11(14)21-10/h2-7,12,18H,1H3/t12-/m0/s1. The Bertz CT molecular complexity index is 751. The van der Waals surface area contributed by atoms with Gasteiger partial charge in [0.25, 0.3) is 0 Å². The van der Waals surface area contributed by atoms with Crippen molar-refractivity contribution in [3.63, 3.8) is 0 Å². The molecule has 0 spiro atoms. The smallest absolute Gasteiger partial charge is 0.207 e. The fourth-order valence-corrected chi connectivity index (χ4v) is 5.11. The summed E-state index contributed by atoms with van der Waals surface area (Å²) in [5.74, 6) is 0. The minimum Gasteiger partial charge on any atom is -0.207 e. The molecule has 22 heavy (non-hydrogen) atoms. The molecule has 1 aromatic heterocycles. The van der Waals surface area contributed by atoms with Crippen molar-refractivity contribution >= 4 is 67.8 Å². The van der Waals surface area contributed by atoms with Crippen molar-refractivity contribution in [3.05, 3.63) is 51.2 Å². The fourth-order valence-electron chi connectivity index (χ4n) is 1.71. The first-order chi connectivity index (χ1) is 10.1. The molecule has 0 amide bonds. The van der Waals surface area contributed by atoms with Crippen LogP contribution in [-0.2, 0) is 10.0 Å². The summed E-state index contributed by atoms with van der Waals surface area (Å²) in [7, 11) is -3.84. The Balaban J connectivity index is 2.36. The second-order valence-corrected chi connectivity index (χ2v) is 10.4. The quantitative estimate of drug-likeness (QED) is 0.702. The third kappa shape index (κ3) is 4.51. The van der Waals surface area contributed by atoms with Crippen molar-refractivity contribution in [2.45, 2.75) is 21.7 Å². The molecule has 120 valence electrons. The molecule has 1 heterocycles. The highest BCUT2D eigenvalue weighted by molar-refractivity contribution is 7.89. The number of aryl methyl sites for hydroxylation is 1. The molecule has 0 saturated heterocycles. The van der Waals surface area contributed by atoms with Gasteiger partial charge in [0.2, 0.25) is 13.8 Å². The van der Waals surface area contributed by atoms with Crippen molar-refractivity contribution in [2.75, 3.05) is 0 Å². The normalized spacial score (nSPS) is 14.0. The molecule has 0 bridgehead atoms. The third-order valence-electron chi connectivity index (χ3n) is 2.81. The van der Waals surface area contributed by atoms with Crippen LogP contribution >= 0.6 is 57.7 Å². The third-order valence-corrected chi connectivity index (χ3v) is 6.20. The van der Waals surface area contributed by atoms with Gasteiger partial charge in [0.15, 0.2) is 0 Å². The van der Waals surface area contributed by atoms with E-state index < -0.39 is 19.9 Å². The lowest BCUT2D eigenvalue weighted by Gasteiger charge is -2.24. The lowest BCUT2D eigenvalue weighted by atomic mass is 10.2. The molecule has 2 aromatic rings. The minimum absolute atomic E-state index is 0.0972. The molecule has 0 aliphatic rings. The van der Waals surface area contributed by atoms with Crippen LogP contribution in [0.2, 0.25) is 4.34 Å². The van der Waals surface area contributed by atoms with Crippen LogP contribution in [-0.4, -0.2) is 12.2 Å². The number of nitrogens with one attached hydrogen (secondary N) is 1. The Morgan fingerprint density at radius 3 is 2.14 bits per heavy atom. The number of alkyl halides is 3. The Morgan fingerprint density at radius 1 is 1.09 bits per heavy atom.